The van der Waals surface area contributed by atoms with Crippen molar-refractivity contribution in [2.24, 2.45) is 0 Å². The molecule has 142 valence electrons. The fraction of sp³-hybridized carbons (Fsp3) is 0.263. The van der Waals surface area contributed by atoms with E-state index in [0.717, 1.165) is 6.07 Å². The van der Waals surface area contributed by atoms with Gasteiger partial charge in [0.25, 0.3) is 0 Å². The zero-order chi connectivity index (χ0) is 19.5. The van der Waals surface area contributed by atoms with Crippen LogP contribution in [0, 0.1) is 11.6 Å². The van der Waals surface area contributed by atoms with E-state index in [4.69, 9.17) is 4.52 Å². The second kappa shape index (κ2) is 5.82. The third-order valence-electron chi connectivity index (χ3n) is 5.38. The lowest BCUT2D eigenvalue weighted by Gasteiger charge is -2.10. The molecule has 2 atom stereocenters. The Bertz CT molecular complexity index is 1260. The van der Waals surface area contributed by atoms with Crippen LogP contribution in [0.2, 0.25) is 0 Å². The van der Waals surface area contributed by atoms with E-state index in [2.05, 4.69) is 15.2 Å². The third-order valence-corrected chi connectivity index (χ3v) is 5.38. The lowest BCUT2D eigenvalue weighted by Crippen LogP contribution is -2.22. The number of hydrogen-bond acceptors (Lipinski definition) is 5. The van der Waals surface area contributed by atoms with E-state index in [1.165, 1.54) is 15.1 Å². The van der Waals surface area contributed by atoms with Gasteiger partial charge >= 0.3 is 5.69 Å². The van der Waals surface area contributed by atoms with Crippen molar-refractivity contribution < 1.29 is 13.3 Å². The van der Waals surface area contributed by atoms with Crippen molar-refractivity contribution in [1.82, 2.24) is 24.3 Å². The van der Waals surface area contributed by atoms with E-state index < -0.39 is 17.0 Å². The van der Waals surface area contributed by atoms with Gasteiger partial charge in [0.15, 0.2) is 23.1 Å². The maximum Gasteiger partial charge on any atom is 0.350 e. The lowest BCUT2D eigenvalue weighted by molar-refractivity contribution is 0.366. The van der Waals surface area contributed by atoms with Crippen LogP contribution in [-0.2, 0) is 12.0 Å². The van der Waals surface area contributed by atoms with Crippen LogP contribution in [0.25, 0.3) is 5.65 Å². The number of fused-ring (bicyclic) bond motifs is 1. The fourth-order valence-corrected chi connectivity index (χ4v) is 3.57. The van der Waals surface area contributed by atoms with Crippen molar-refractivity contribution in [2.75, 3.05) is 0 Å². The molecule has 2 unspecified atom stereocenters. The summed E-state index contributed by atoms with van der Waals surface area (Å²) < 4.78 is 34.8. The van der Waals surface area contributed by atoms with Gasteiger partial charge in [0.2, 0.25) is 5.89 Å². The summed E-state index contributed by atoms with van der Waals surface area (Å²) in [5, 5.41) is 8.19. The Morgan fingerprint density at radius 2 is 2.11 bits per heavy atom. The van der Waals surface area contributed by atoms with E-state index in [1.54, 1.807) is 30.5 Å². The Kier molecular flexibility index (Phi) is 3.49. The molecule has 0 bridgehead atoms. The summed E-state index contributed by atoms with van der Waals surface area (Å²) in [7, 11) is 0. The first-order valence-electron chi connectivity index (χ1n) is 8.78. The maximum atomic E-state index is 13.6. The number of hydrogen-bond donors (Lipinski definition) is 0. The van der Waals surface area contributed by atoms with Crippen molar-refractivity contribution in [3.05, 3.63) is 82.0 Å². The van der Waals surface area contributed by atoms with Crippen LogP contribution in [0.4, 0.5) is 8.78 Å². The molecule has 1 saturated carbocycles. The smallest absolute Gasteiger partial charge is 0.339 e. The molecule has 3 aromatic heterocycles. The minimum Gasteiger partial charge on any atom is -0.339 e. The molecule has 9 heteroatoms. The van der Waals surface area contributed by atoms with E-state index in [-0.39, 0.29) is 18.2 Å². The van der Waals surface area contributed by atoms with E-state index >= 15 is 0 Å². The summed E-state index contributed by atoms with van der Waals surface area (Å²) in [6, 6.07) is 9.19. The number of pyridine rings is 1. The van der Waals surface area contributed by atoms with E-state index in [1.807, 2.05) is 6.92 Å². The SMILES string of the molecule is CC1(c2ccc(F)c(F)c2)CC1c1nc(Cn2nc3ccccn3c2=O)no1. The summed E-state index contributed by atoms with van der Waals surface area (Å²) in [5.74, 6) is -1.08. The van der Waals surface area contributed by atoms with Gasteiger partial charge in [-0.15, -0.1) is 5.10 Å². The predicted octanol–water partition coefficient (Wildman–Crippen LogP) is 2.65. The standard InChI is InChI=1S/C19H15F2N5O2/c1-19(11-5-6-13(20)14(21)8-11)9-12(19)17-22-15(24-28-17)10-26-18(27)25-7-3-2-4-16(25)23-26/h2-8,12H,9-10H2,1H3. The van der Waals surface area contributed by atoms with Gasteiger partial charge < -0.3 is 4.52 Å². The topological polar surface area (TPSA) is 78.2 Å². The van der Waals surface area contributed by atoms with Gasteiger partial charge in [0, 0.05) is 17.5 Å². The van der Waals surface area contributed by atoms with Crippen LogP contribution in [0.5, 0.6) is 0 Å². The van der Waals surface area contributed by atoms with Gasteiger partial charge in [0.1, 0.15) is 6.54 Å². The molecule has 0 N–H and O–H groups in total. The average molecular weight is 383 g/mol. The first kappa shape index (κ1) is 16.8. The molecule has 1 fully saturated rings. The quantitative estimate of drug-likeness (QED) is 0.541. The molecule has 0 radical (unpaired) electrons. The van der Waals surface area contributed by atoms with Crippen molar-refractivity contribution in [1.29, 1.82) is 0 Å². The number of aromatic nitrogens is 5. The van der Waals surface area contributed by atoms with E-state index in [9.17, 15) is 13.6 Å². The molecule has 1 aliphatic carbocycles. The van der Waals surface area contributed by atoms with Gasteiger partial charge in [0.05, 0.1) is 0 Å². The Morgan fingerprint density at radius 3 is 2.89 bits per heavy atom. The third kappa shape index (κ3) is 2.54. The number of nitrogens with zero attached hydrogens (tertiary/aromatic N) is 5. The largest absolute Gasteiger partial charge is 0.350 e. The first-order valence-corrected chi connectivity index (χ1v) is 8.78. The molecule has 3 heterocycles. The molecule has 1 aromatic carbocycles. The monoisotopic (exact) mass is 383 g/mol. The number of halogens is 2. The van der Waals surface area contributed by atoms with Crippen molar-refractivity contribution in [2.45, 2.75) is 31.2 Å². The van der Waals surface area contributed by atoms with Gasteiger partial charge in [-0.3, -0.25) is 4.40 Å². The molecule has 1 aliphatic rings. The van der Waals surface area contributed by atoms with Crippen LogP contribution in [-0.4, -0.2) is 24.3 Å². The first-order chi connectivity index (χ1) is 13.5. The highest BCUT2D eigenvalue weighted by molar-refractivity contribution is 5.38. The van der Waals surface area contributed by atoms with Crippen molar-refractivity contribution >= 4 is 5.65 Å². The van der Waals surface area contributed by atoms with Crippen molar-refractivity contribution in [3.8, 4) is 0 Å². The Labute approximate surface area is 157 Å². The fourth-order valence-electron chi connectivity index (χ4n) is 3.57. The highest BCUT2D eigenvalue weighted by Crippen LogP contribution is 2.59. The second-order valence-corrected chi connectivity index (χ2v) is 7.22. The number of benzene rings is 1. The summed E-state index contributed by atoms with van der Waals surface area (Å²) >= 11 is 0. The summed E-state index contributed by atoms with van der Waals surface area (Å²) in [5.41, 5.74) is 0.537. The Morgan fingerprint density at radius 1 is 1.25 bits per heavy atom. The minimum atomic E-state index is -0.873. The molecule has 0 spiro atoms. The normalized spacial score (nSPS) is 21.3. The van der Waals surface area contributed by atoms with Gasteiger partial charge in [-0.05, 0) is 36.2 Å². The maximum absolute atomic E-state index is 13.6. The van der Waals surface area contributed by atoms with Gasteiger partial charge in [-0.2, -0.15) is 4.98 Å². The predicted molar refractivity (Wildman–Crippen MR) is 93.9 cm³/mol. The van der Waals surface area contributed by atoms with Gasteiger partial charge in [-0.25, -0.2) is 18.3 Å². The summed E-state index contributed by atoms with van der Waals surface area (Å²) in [6.45, 7) is 2.03. The highest BCUT2D eigenvalue weighted by atomic mass is 19.2. The highest BCUT2D eigenvalue weighted by Gasteiger charge is 2.55. The summed E-state index contributed by atoms with van der Waals surface area (Å²) in [4.78, 5) is 16.7. The zero-order valence-electron chi connectivity index (χ0n) is 14.8. The van der Waals surface area contributed by atoms with Crippen LogP contribution in [0.1, 0.15) is 36.5 Å². The number of rotatable bonds is 4. The van der Waals surface area contributed by atoms with Crippen LogP contribution < -0.4 is 5.69 Å². The molecule has 28 heavy (non-hydrogen) atoms. The molecule has 0 aliphatic heterocycles. The molecular weight excluding hydrogens is 368 g/mol. The molecule has 4 aromatic rings. The molecule has 0 saturated heterocycles. The van der Waals surface area contributed by atoms with Crippen molar-refractivity contribution in [3.63, 3.8) is 0 Å². The molecule has 0 amide bonds. The van der Waals surface area contributed by atoms with E-state index in [0.29, 0.717) is 29.3 Å². The van der Waals surface area contributed by atoms with Crippen LogP contribution in [0.15, 0.2) is 51.9 Å². The Hall–Kier alpha value is -3.36. The zero-order valence-corrected chi connectivity index (χ0v) is 14.8. The summed E-state index contributed by atoms with van der Waals surface area (Å²) in [6.07, 6.45) is 2.33. The lowest BCUT2D eigenvalue weighted by atomic mass is 9.95. The molecule has 7 nitrogen and oxygen atoms in total. The van der Waals surface area contributed by atoms with Crippen LogP contribution >= 0.6 is 0 Å². The van der Waals surface area contributed by atoms with Crippen LogP contribution in [0.3, 0.4) is 0 Å². The average Bonchev–Trinajstić information content (AvgIpc) is 3.03. The minimum absolute atomic E-state index is 0.0820. The Balaban J connectivity index is 1.39. The van der Waals surface area contributed by atoms with Gasteiger partial charge in [-0.1, -0.05) is 24.2 Å². The molecule has 5 rings (SSSR count). The second-order valence-electron chi connectivity index (χ2n) is 7.22. The molecular formula is C19H15F2N5O2.